The van der Waals surface area contributed by atoms with Gasteiger partial charge in [0.1, 0.15) is 12.4 Å². The van der Waals surface area contributed by atoms with E-state index in [4.69, 9.17) is 15.2 Å². The summed E-state index contributed by atoms with van der Waals surface area (Å²) in [5, 5.41) is 0. The van der Waals surface area contributed by atoms with Gasteiger partial charge < -0.3 is 15.2 Å². The van der Waals surface area contributed by atoms with Crippen molar-refractivity contribution < 1.29 is 9.47 Å². The number of hydrogen-bond donors (Lipinski definition) is 1. The molecule has 0 saturated carbocycles. The van der Waals surface area contributed by atoms with Gasteiger partial charge in [-0.1, -0.05) is 12.1 Å². The molecule has 2 saturated heterocycles. The van der Waals surface area contributed by atoms with Crippen LogP contribution in [0.25, 0.3) is 0 Å². The Labute approximate surface area is 114 Å². The highest BCUT2D eigenvalue weighted by Crippen LogP contribution is 2.25. The van der Waals surface area contributed by atoms with E-state index in [0.29, 0.717) is 18.8 Å². The molecule has 2 atom stereocenters. The van der Waals surface area contributed by atoms with Crippen molar-refractivity contribution in [1.82, 2.24) is 4.90 Å². The Morgan fingerprint density at radius 3 is 2.79 bits per heavy atom. The molecule has 4 heteroatoms. The maximum Gasteiger partial charge on any atom is 0.119 e. The van der Waals surface area contributed by atoms with Gasteiger partial charge in [0.05, 0.1) is 12.2 Å². The summed E-state index contributed by atoms with van der Waals surface area (Å²) in [5.41, 5.74) is 6.74. The van der Waals surface area contributed by atoms with Gasteiger partial charge in [0.2, 0.25) is 0 Å². The minimum atomic E-state index is 0.458. The lowest BCUT2D eigenvalue weighted by molar-refractivity contribution is -0.0408. The Hall–Kier alpha value is -1.10. The number of rotatable bonds is 5. The number of hydrogen-bond acceptors (Lipinski definition) is 4. The van der Waals surface area contributed by atoms with Gasteiger partial charge in [0, 0.05) is 26.2 Å². The molecule has 4 nitrogen and oxygen atoms in total. The second kappa shape index (κ2) is 5.90. The number of morpholine rings is 1. The molecule has 0 amide bonds. The van der Waals surface area contributed by atoms with Crippen LogP contribution in [-0.4, -0.2) is 43.3 Å². The van der Waals surface area contributed by atoms with E-state index >= 15 is 0 Å². The van der Waals surface area contributed by atoms with Gasteiger partial charge >= 0.3 is 0 Å². The summed E-state index contributed by atoms with van der Waals surface area (Å²) in [5.74, 6) is 0.916. The molecular formula is C15H22N2O2. The Morgan fingerprint density at radius 2 is 2.05 bits per heavy atom. The van der Waals surface area contributed by atoms with Crippen LogP contribution in [0, 0.1) is 0 Å². The van der Waals surface area contributed by atoms with Crippen molar-refractivity contribution in [2.75, 3.05) is 26.2 Å². The number of fused-ring (bicyclic) bond motifs is 2. The highest BCUT2D eigenvalue weighted by atomic mass is 16.5. The molecule has 2 fully saturated rings. The molecule has 1 aromatic rings. The van der Waals surface area contributed by atoms with Crippen LogP contribution in [0.4, 0.5) is 0 Å². The van der Waals surface area contributed by atoms with Crippen molar-refractivity contribution in [2.24, 2.45) is 5.73 Å². The highest BCUT2D eigenvalue weighted by molar-refractivity contribution is 5.28. The molecule has 2 aliphatic heterocycles. The first-order valence-electron chi connectivity index (χ1n) is 7.13. The topological polar surface area (TPSA) is 47.7 Å². The van der Waals surface area contributed by atoms with Crippen molar-refractivity contribution >= 4 is 0 Å². The van der Waals surface area contributed by atoms with Gasteiger partial charge in [-0.3, -0.25) is 4.90 Å². The molecule has 2 unspecified atom stereocenters. The third kappa shape index (κ3) is 3.26. The molecule has 0 radical (unpaired) electrons. The second-order valence-electron chi connectivity index (χ2n) is 5.42. The predicted octanol–water partition coefficient (Wildman–Crippen LogP) is 1.39. The summed E-state index contributed by atoms with van der Waals surface area (Å²) in [6, 6.07) is 8.02. The van der Waals surface area contributed by atoms with E-state index in [0.717, 1.165) is 37.6 Å². The second-order valence-corrected chi connectivity index (χ2v) is 5.42. The van der Waals surface area contributed by atoms with Crippen molar-refractivity contribution in [3.63, 3.8) is 0 Å². The molecular weight excluding hydrogens is 240 g/mol. The molecule has 0 spiro atoms. The zero-order valence-corrected chi connectivity index (χ0v) is 11.3. The minimum absolute atomic E-state index is 0.458. The van der Waals surface area contributed by atoms with Crippen LogP contribution in [0.2, 0.25) is 0 Å². The number of likely N-dealkylation sites (tertiary alicyclic amines) is 1. The third-order valence-corrected chi connectivity index (χ3v) is 3.93. The highest BCUT2D eigenvalue weighted by Gasteiger charge is 2.33. The van der Waals surface area contributed by atoms with Crippen LogP contribution >= 0.6 is 0 Å². The summed E-state index contributed by atoms with van der Waals surface area (Å²) < 4.78 is 11.6. The normalized spacial score (nSPS) is 26.6. The zero-order chi connectivity index (χ0) is 13.1. The molecule has 104 valence electrons. The molecule has 2 heterocycles. The molecule has 2 bridgehead atoms. The summed E-state index contributed by atoms with van der Waals surface area (Å²) >= 11 is 0. The van der Waals surface area contributed by atoms with Crippen LogP contribution in [0.15, 0.2) is 24.3 Å². The van der Waals surface area contributed by atoms with E-state index in [1.54, 1.807) is 0 Å². The van der Waals surface area contributed by atoms with Crippen LogP contribution in [0.3, 0.4) is 0 Å². The fourth-order valence-corrected chi connectivity index (χ4v) is 2.94. The fourth-order valence-electron chi connectivity index (χ4n) is 2.94. The average Bonchev–Trinajstić information content (AvgIpc) is 2.78. The number of ether oxygens (including phenoxy) is 2. The fraction of sp³-hybridized carbons (Fsp3) is 0.600. The van der Waals surface area contributed by atoms with Gasteiger partial charge in [-0.2, -0.15) is 0 Å². The van der Waals surface area contributed by atoms with Crippen LogP contribution in [0.5, 0.6) is 5.75 Å². The van der Waals surface area contributed by atoms with Gasteiger partial charge in [-0.15, -0.1) is 0 Å². The molecule has 3 rings (SSSR count). The predicted molar refractivity (Wildman–Crippen MR) is 74.2 cm³/mol. The lowest BCUT2D eigenvalue weighted by Gasteiger charge is -2.31. The van der Waals surface area contributed by atoms with E-state index in [2.05, 4.69) is 4.90 Å². The first kappa shape index (κ1) is 12.9. The maximum absolute atomic E-state index is 5.83. The van der Waals surface area contributed by atoms with Crippen molar-refractivity contribution in [3.05, 3.63) is 29.8 Å². The summed E-state index contributed by atoms with van der Waals surface area (Å²) in [4.78, 5) is 2.46. The molecule has 0 aromatic heterocycles. The molecule has 2 N–H and O–H groups in total. The lowest BCUT2D eigenvalue weighted by atomic mass is 10.2. The van der Waals surface area contributed by atoms with Crippen LogP contribution in [0.1, 0.15) is 18.4 Å². The van der Waals surface area contributed by atoms with Gasteiger partial charge in [0.15, 0.2) is 0 Å². The standard InChI is InChI=1S/C15H22N2O2/c16-9-12-2-1-3-13(8-12)18-7-6-17-10-14-4-5-15(11-17)19-14/h1-3,8,14-15H,4-7,9-11,16H2. The Bertz CT molecular complexity index is 412. The van der Waals surface area contributed by atoms with Crippen molar-refractivity contribution in [3.8, 4) is 5.75 Å². The number of nitrogens with zero attached hydrogens (tertiary/aromatic N) is 1. The van der Waals surface area contributed by atoms with E-state index in [1.807, 2.05) is 24.3 Å². The maximum atomic E-state index is 5.83. The summed E-state index contributed by atoms with van der Waals surface area (Å²) in [6.07, 6.45) is 3.36. The molecule has 1 aromatic carbocycles. The van der Waals surface area contributed by atoms with Crippen LogP contribution in [-0.2, 0) is 11.3 Å². The molecule has 0 aliphatic carbocycles. The molecule has 2 aliphatic rings. The third-order valence-electron chi connectivity index (χ3n) is 3.93. The lowest BCUT2D eigenvalue weighted by Crippen LogP contribution is -2.44. The summed E-state index contributed by atoms with van der Waals surface area (Å²) in [7, 11) is 0. The smallest absolute Gasteiger partial charge is 0.119 e. The van der Waals surface area contributed by atoms with E-state index in [-0.39, 0.29) is 0 Å². The summed E-state index contributed by atoms with van der Waals surface area (Å²) in [6.45, 7) is 4.38. The quantitative estimate of drug-likeness (QED) is 0.871. The SMILES string of the molecule is NCc1cccc(OCCN2CC3CCC(C2)O3)c1. The van der Waals surface area contributed by atoms with E-state index < -0.39 is 0 Å². The Kier molecular flexibility index (Phi) is 4.01. The first-order chi connectivity index (χ1) is 9.33. The zero-order valence-electron chi connectivity index (χ0n) is 11.3. The van der Waals surface area contributed by atoms with Gasteiger partial charge in [-0.25, -0.2) is 0 Å². The Morgan fingerprint density at radius 1 is 1.26 bits per heavy atom. The van der Waals surface area contributed by atoms with Gasteiger partial charge in [0.25, 0.3) is 0 Å². The largest absolute Gasteiger partial charge is 0.492 e. The van der Waals surface area contributed by atoms with Crippen LogP contribution < -0.4 is 10.5 Å². The number of nitrogens with two attached hydrogens (primary N) is 1. The van der Waals surface area contributed by atoms with Crippen molar-refractivity contribution in [2.45, 2.75) is 31.6 Å². The Balaban J connectivity index is 1.45. The monoisotopic (exact) mass is 262 g/mol. The van der Waals surface area contributed by atoms with Crippen molar-refractivity contribution in [1.29, 1.82) is 0 Å². The first-order valence-corrected chi connectivity index (χ1v) is 7.13. The average molecular weight is 262 g/mol. The molecule has 19 heavy (non-hydrogen) atoms. The minimum Gasteiger partial charge on any atom is -0.492 e. The number of benzene rings is 1. The van der Waals surface area contributed by atoms with E-state index in [9.17, 15) is 0 Å². The van der Waals surface area contributed by atoms with E-state index in [1.165, 1.54) is 12.8 Å². The van der Waals surface area contributed by atoms with Gasteiger partial charge in [-0.05, 0) is 30.5 Å².